The van der Waals surface area contributed by atoms with E-state index in [2.05, 4.69) is 42.0 Å². The molecule has 2 heterocycles. The number of hydrogen-bond acceptors (Lipinski definition) is 2. The monoisotopic (exact) mass is 283 g/mol. The highest BCUT2D eigenvalue weighted by Gasteiger charge is 2.18. The van der Waals surface area contributed by atoms with Gasteiger partial charge in [-0.05, 0) is 37.7 Å². The normalized spacial score (nSPS) is 17.8. The van der Waals surface area contributed by atoms with E-state index < -0.39 is 0 Å². The maximum absolute atomic E-state index is 12.3. The quantitative estimate of drug-likeness (QED) is 0.872. The zero-order chi connectivity index (χ0) is 15.2. The van der Waals surface area contributed by atoms with Crippen LogP contribution >= 0.6 is 0 Å². The third-order valence-corrected chi connectivity index (χ3v) is 4.25. The molecule has 1 N–H and O–H groups in total. The number of nitrogens with one attached hydrogen (secondary N) is 1. The van der Waals surface area contributed by atoms with Gasteiger partial charge in [0.2, 0.25) is 5.78 Å². The molecule has 0 fully saturated rings. The van der Waals surface area contributed by atoms with Gasteiger partial charge in [0.05, 0.1) is 5.69 Å². The van der Waals surface area contributed by atoms with E-state index in [9.17, 15) is 4.79 Å². The van der Waals surface area contributed by atoms with Crippen molar-refractivity contribution in [3.05, 3.63) is 51.7 Å². The molecule has 0 atom stereocenters. The third kappa shape index (κ3) is 2.46. The lowest BCUT2D eigenvalue weighted by molar-refractivity contribution is 0.379. The van der Waals surface area contributed by atoms with E-state index in [4.69, 9.17) is 0 Å². The van der Waals surface area contributed by atoms with Gasteiger partial charge in [0.15, 0.2) is 0 Å². The molecule has 4 heteroatoms. The first-order valence-corrected chi connectivity index (χ1v) is 7.33. The smallest absolute Gasteiger partial charge is 0.262 e. The molecule has 0 aromatic carbocycles. The molecular formula is C17H21N3O. The molecule has 2 aromatic rings. The van der Waals surface area contributed by atoms with Crippen LogP contribution in [0.5, 0.6) is 0 Å². The lowest BCUT2D eigenvalue weighted by atomic mass is 9.86. The van der Waals surface area contributed by atoms with Crippen LogP contribution in [0.3, 0.4) is 0 Å². The Morgan fingerprint density at radius 2 is 2.05 bits per heavy atom. The van der Waals surface area contributed by atoms with E-state index >= 15 is 0 Å². The van der Waals surface area contributed by atoms with Crippen LogP contribution in [0.25, 0.3) is 11.4 Å². The van der Waals surface area contributed by atoms with Crippen molar-refractivity contribution in [3.63, 3.8) is 0 Å². The summed E-state index contributed by atoms with van der Waals surface area (Å²) in [6, 6.07) is 0. The number of rotatable bonds is 1. The highest BCUT2D eigenvalue weighted by Crippen LogP contribution is 2.31. The number of H-pyrrole nitrogens is 1. The Morgan fingerprint density at radius 1 is 1.29 bits per heavy atom. The Balaban J connectivity index is 2.12. The van der Waals surface area contributed by atoms with Crippen molar-refractivity contribution in [1.29, 1.82) is 0 Å². The Labute approximate surface area is 124 Å². The molecule has 0 bridgehead atoms. The first-order chi connectivity index (χ1) is 9.87. The first-order valence-electron chi connectivity index (χ1n) is 7.33. The summed E-state index contributed by atoms with van der Waals surface area (Å²) in [7, 11) is 0. The van der Waals surface area contributed by atoms with E-state index in [0.717, 1.165) is 35.4 Å². The van der Waals surface area contributed by atoms with Crippen LogP contribution in [-0.2, 0) is 0 Å². The summed E-state index contributed by atoms with van der Waals surface area (Å²) in [6.45, 7) is 8.26. The van der Waals surface area contributed by atoms with Crippen molar-refractivity contribution in [2.75, 3.05) is 0 Å². The molecule has 0 saturated carbocycles. The summed E-state index contributed by atoms with van der Waals surface area (Å²) in [6.07, 6.45) is 10.4. The van der Waals surface area contributed by atoms with E-state index in [1.54, 1.807) is 4.40 Å². The molecule has 110 valence electrons. The summed E-state index contributed by atoms with van der Waals surface area (Å²) in [5.74, 6) is 0.607. The van der Waals surface area contributed by atoms with Gasteiger partial charge in [0.25, 0.3) is 5.56 Å². The van der Waals surface area contributed by atoms with Crippen LogP contribution in [0.4, 0.5) is 0 Å². The summed E-state index contributed by atoms with van der Waals surface area (Å²) >= 11 is 0. The van der Waals surface area contributed by atoms with Crippen molar-refractivity contribution in [2.24, 2.45) is 5.41 Å². The van der Waals surface area contributed by atoms with Gasteiger partial charge in [-0.3, -0.25) is 9.20 Å². The molecule has 2 aromatic heterocycles. The zero-order valence-corrected chi connectivity index (χ0v) is 13.0. The molecule has 1 aliphatic carbocycles. The largest absolute Gasteiger partial charge is 0.329 e. The van der Waals surface area contributed by atoms with Crippen LogP contribution in [0.1, 0.15) is 43.6 Å². The van der Waals surface area contributed by atoms with Crippen molar-refractivity contribution in [2.45, 2.75) is 40.5 Å². The van der Waals surface area contributed by atoms with Crippen molar-refractivity contribution < 1.29 is 0 Å². The van der Waals surface area contributed by atoms with Gasteiger partial charge in [-0.2, -0.15) is 0 Å². The molecule has 0 spiro atoms. The van der Waals surface area contributed by atoms with E-state index in [-0.39, 0.29) is 11.0 Å². The lowest BCUT2D eigenvalue weighted by Gasteiger charge is -2.19. The number of aromatic nitrogens is 3. The summed E-state index contributed by atoms with van der Waals surface area (Å²) in [5.41, 5.74) is 3.82. The Morgan fingerprint density at radius 3 is 2.81 bits per heavy atom. The van der Waals surface area contributed by atoms with Gasteiger partial charge < -0.3 is 4.98 Å². The minimum atomic E-state index is -0.00136. The van der Waals surface area contributed by atoms with Crippen molar-refractivity contribution >= 4 is 11.4 Å². The summed E-state index contributed by atoms with van der Waals surface area (Å²) < 4.78 is 1.60. The maximum Gasteiger partial charge on any atom is 0.262 e. The van der Waals surface area contributed by atoms with Crippen molar-refractivity contribution in [1.82, 2.24) is 14.4 Å². The van der Waals surface area contributed by atoms with Crippen LogP contribution in [0.15, 0.2) is 29.2 Å². The average Bonchev–Trinajstić information content (AvgIpc) is 2.75. The number of hydrogen-bond donors (Lipinski definition) is 1. The predicted molar refractivity (Wildman–Crippen MR) is 85.4 cm³/mol. The third-order valence-electron chi connectivity index (χ3n) is 4.25. The number of nitrogens with zero attached hydrogens (tertiary/aromatic N) is 2. The van der Waals surface area contributed by atoms with Gasteiger partial charge in [0.1, 0.15) is 0 Å². The average molecular weight is 283 g/mol. The Kier molecular flexibility index (Phi) is 3.12. The first kappa shape index (κ1) is 13.9. The minimum Gasteiger partial charge on any atom is -0.329 e. The highest BCUT2D eigenvalue weighted by molar-refractivity contribution is 5.73. The van der Waals surface area contributed by atoms with Crippen LogP contribution < -0.4 is 5.56 Å². The molecule has 0 radical (unpaired) electrons. The summed E-state index contributed by atoms with van der Waals surface area (Å²) in [5, 5.41) is 0. The fourth-order valence-electron chi connectivity index (χ4n) is 2.60. The maximum atomic E-state index is 12.3. The van der Waals surface area contributed by atoms with Gasteiger partial charge in [-0.15, -0.1) is 0 Å². The number of imidazole rings is 1. The molecular weight excluding hydrogens is 262 g/mol. The second-order valence-corrected chi connectivity index (χ2v) is 6.63. The molecule has 21 heavy (non-hydrogen) atoms. The Bertz CT molecular complexity index is 818. The van der Waals surface area contributed by atoms with Gasteiger partial charge in [-0.25, -0.2) is 4.98 Å². The Hall–Kier alpha value is -2.10. The van der Waals surface area contributed by atoms with Gasteiger partial charge in [-0.1, -0.05) is 32.1 Å². The minimum absolute atomic E-state index is 0.00136. The van der Waals surface area contributed by atoms with Crippen molar-refractivity contribution in [3.8, 4) is 0 Å². The number of aryl methyl sites for hydroxylation is 1. The molecule has 0 aliphatic heterocycles. The summed E-state index contributed by atoms with van der Waals surface area (Å²) in [4.78, 5) is 20.0. The fraction of sp³-hybridized carbons (Fsp3) is 0.412. The van der Waals surface area contributed by atoms with Gasteiger partial charge in [0, 0.05) is 17.5 Å². The SMILES string of the molecule is Cc1[nH]c2nc(C3=CCC(C)(C)CC=C3)cn2c(=O)c1C. The number of aromatic amines is 1. The zero-order valence-electron chi connectivity index (χ0n) is 13.0. The number of allylic oxidation sites excluding steroid dienone is 4. The molecule has 0 unspecified atom stereocenters. The van der Waals surface area contributed by atoms with Crippen LogP contribution in [0, 0.1) is 19.3 Å². The lowest BCUT2D eigenvalue weighted by Crippen LogP contribution is -2.17. The molecule has 4 nitrogen and oxygen atoms in total. The van der Waals surface area contributed by atoms with E-state index in [0.29, 0.717) is 5.78 Å². The van der Waals surface area contributed by atoms with Gasteiger partial charge >= 0.3 is 0 Å². The molecule has 0 amide bonds. The van der Waals surface area contributed by atoms with Crippen LogP contribution in [0.2, 0.25) is 0 Å². The second-order valence-electron chi connectivity index (χ2n) is 6.63. The standard InChI is InChI=1S/C17H21N3O/c1-11-12(2)18-16-19-14(10-20(16)15(11)21)13-6-5-8-17(3,4)9-7-13/h5-7,10H,8-9H2,1-4H3,(H,18,19). The second kappa shape index (κ2) is 4.72. The number of fused-ring (bicyclic) bond motifs is 1. The topological polar surface area (TPSA) is 50.2 Å². The van der Waals surface area contributed by atoms with E-state index in [1.165, 1.54) is 0 Å². The predicted octanol–water partition coefficient (Wildman–Crippen LogP) is 3.40. The molecule has 1 aliphatic rings. The van der Waals surface area contributed by atoms with Crippen LogP contribution in [-0.4, -0.2) is 14.4 Å². The highest BCUT2D eigenvalue weighted by atomic mass is 16.1. The molecule has 0 saturated heterocycles. The fourth-order valence-corrected chi connectivity index (χ4v) is 2.60. The molecule has 3 rings (SSSR count). The van der Waals surface area contributed by atoms with E-state index in [1.807, 2.05) is 20.0 Å².